The van der Waals surface area contributed by atoms with Crippen LogP contribution >= 0.6 is 11.8 Å². The summed E-state index contributed by atoms with van der Waals surface area (Å²) in [5.74, 6) is -1.28. The van der Waals surface area contributed by atoms with Crippen molar-refractivity contribution in [3.8, 4) is 11.3 Å². The Kier molecular flexibility index (Phi) is 10.3. The first kappa shape index (κ1) is 27.7. The highest BCUT2D eigenvalue weighted by Gasteiger charge is 2.39. The fourth-order valence-corrected chi connectivity index (χ4v) is 4.34. The molecule has 1 unspecified atom stereocenters. The fraction of sp³-hybridized carbons (Fsp3) is 0.440. The van der Waals surface area contributed by atoms with Crippen molar-refractivity contribution < 1.29 is 28.8 Å². The van der Waals surface area contributed by atoms with Gasteiger partial charge in [-0.15, -0.1) is 11.8 Å². The zero-order chi connectivity index (χ0) is 26.1. The van der Waals surface area contributed by atoms with E-state index in [1.807, 2.05) is 44.2 Å². The average molecular weight is 513 g/mol. The summed E-state index contributed by atoms with van der Waals surface area (Å²) >= 11 is 1.42. The van der Waals surface area contributed by atoms with E-state index in [0.717, 1.165) is 5.56 Å². The minimum atomic E-state index is -1.26. The maximum absolute atomic E-state index is 13.2. The van der Waals surface area contributed by atoms with Crippen molar-refractivity contribution in [2.45, 2.75) is 45.3 Å². The molecular weight excluding hydrogens is 481 g/mol. The summed E-state index contributed by atoms with van der Waals surface area (Å²) in [5, 5.41) is 15.7. The molecule has 0 saturated carbocycles. The maximum atomic E-state index is 13.2. The molecule has 2 heterocycles. The Balaban J connectivity index is 1.74. The molecule has 1 aliphatic rings. The number of thioether (sulfide) groups is 1. The maximum Gasteiger partial charge on any atom is 0.551 e. The van der Waals surface area contributed by atoms with E-state index in [0.29, 0.717) is 24.5 Å². The Morgan fingerprint density at radius 3 is 2.56 bits per heavy atom. The Morgan fingerprint density at radius 2 is 1.86 bits per heavy atom. The molecule has 3 atom stereocenters. The van der Waals surface area contributed by atoms with E-state index in [1.54, 1.807) is 18.2 Å². The van der Waals surface area contributed by atoms with Gasteiger partial charge in [-0.05, 0) is 31.4 Å². The molecule has 36 heavy (non-hydrogen) atoms. The van der Waals surface area contributed by atoms with Crippen molar-refractivity contribution in [2.24, 2.45) is 5.92 Å². The number of hydrogen-bond donors (Lipinski definition) is 3. The van der Waals surface area contributed by atoms with Gasteiger partial charge in [0.1, 0.15) is 11.7 Å². The van der Waals surface area contributed by atoms with E-state index in [2.05, 4.69) is 15.6 Å². The van der Waals surface area contributed by atoms with Gasteiger partial charge in [-0.2, -0.15) is 0 Å². The third kappa shape index (κ3) is 8.07. The van der Waals surface area contributed by atoms with Crippen LogP contribution in [0.25, 0.3) is 11.3 Å². The lowest BCUT2D eigenvalue weighted by molar-refractivity contribution is -0.134. The Labute approximate surface area is 215 Å². The lowest BCUT2D eigenvalue weighted by Crippen LogP contribution is -2.59. The van der Waals surface area contributed by atoms with Crippen molar-refractivity contribution >= 4 is 36.7 Å². The Bertz CT molecular complexity index is 1040. The standard InChI is InChI=1S/C25H32BN3O6S/c1-16(2)14-21(26-34-12-13-36-15-22(31)35-26)28-25(33)23(17(3)30)29-24(32)20-11-7-10-19(27-20)18-8-5-4-6-9-18/h4-11,16-17,21,23,30H,12-15H2,1-3H3,(H,28,33)(H,29,32)/t17-,21+,23?/m1/s1. The van der Waals surface area contributed by atoms with Gasteiger partial charge in [0.05, 0.1) is 23.5 Å². The molecule has 0 bridgehead atoms. The van der Waals surface area contributed by atoms with Crippen LogP contribution in [0.2, 0.25) is 0 Å². The van der Waals surface area contributed by atoms with Gasteiger partial charge < -0.3 is 25.0 Å². The summed E-state index contributed by atoms with van der Waals surface area (Å²) in [7, 11) is -0.959. The molecule has 1 aliphatic heterocycles. The fourth-order valence-electron chi connectivity index (χ4n) is 3.74. The number of aromatic nitrogens is 1. The number of aliphatic hydroxyl groups excluding tert-OH is 1. The van der Waals surface area contributed by atoms with E-state index >= 15 is 0 Å². The number of amides is 2. The molecule has 2 aromatic rings. The quantitative estimate of drug-likeness (QED) is 0.435. The molecule has 11 heteroatoms. The first-order chi connectivity index (χ1) is 17.2. The van der Waals surface area contributed by atoms with E-state index in [9.17, 15) is 19.5 Å². The predicted octanol–water partition coefficient (Wildman–Crippen LogP) is 2.09. The van der Waals surface area contributed by atoms with Crippen LogP contribution in [0.1, 0.15) is 37.7 Å². The summed E-state index contributed by atoms with van der Waals surface area (Å²) in [6.45, 7) is 5.73. The van der Waals surface area contributed by atoms with E-state index in [4.69, 9.17) is 9.31 Å². The molecule has 3 N–H and O–H groups in total. The largest absolute Gasteiger partial charge is 0.551 e. The van der Waals surface area contributed by atoms with Gasteiger partial charge in [0.15, 0.2) is 0 Å². The van der Waals surface area contributed by atoms with Gasteiger partial charge in [-0.25, -0.2) is 4.98 Å². The van der Waals surface area contributed by atoms with E-state index < -0.39 is 43.0 Å². The first-order valence-corrected chi connectivity index (χ1v) is 13.1. The van der Waals surface area contributed by atoms with Crippen LogP contribution in [0.5, 0.6) is 0 Å². The zero-order valence-corrected chi connectivity index (χ0v) is 21.5. The SMILES string of the molecule is CC(C)C[C@H](NC(=O)C(NC(=O)c1cccc(-c2ccccc2)n1)[C@@H](C)O)B1OCCSCC(=O)O1. The van der Waals surface area contributed by atoms with Gasteiger partial charge >= 0.3 is 7.12 Å². The number of carbonyl (C=O) groups is 3. The van der Waals surface area contributed by atoms with Crippen LogP contribution in [0.15, 0.2) is 48.5 Å². The molecule has 3 rings (SSSR count). The molecule has 9 nitrogen and oxygen atoms in total. The summed E-state index contributed by atoms with van der Waals surface area (Å²) in [5.41, 5.74) is 1.57. The van der Waals surface area contributed by atoms with Crippen molar-refractivity contribution in [3.05, 3.63) is 54.2 Å². The Morgan fingerprint density at radius 1 is 1.11 bits per heavy atom. The second-order valence-electron chi connectivity index (χ2n) is 8.99. The monoisotopic (exact) mass is 513 g/mol. The minimum absolute atomic E-state index is 0.114. The predicted molar refractivity (Wildman–Crippen MR) is 139 cm³/mol. The lowest BCUT2D eigenvalue weighted by atomic mass is 9.73. The molecule has 0 radical (unpaired) electrons. The number of rotatable bonds is 9. The molecule has 0 aliphatic carbocycles. The van der Waals surface area contributed by atoms with Gasteiger partial charge in [-0.1, -0.05) is 50.2 Å². The summed E-state index contributed by atoms with van der Waals surface area (Å²) in [6, 6.07) is 13.2. The third-order valence-electron chi connectivity index (χ3n) is 5.46. The molecule has 0 spiro atoms. The topological polar surface area (TPSA) is 127 Å². The molecule has 192 valence electrons. The number of carbonyl (C=O) groups excluding carboxylic acids is 3. The third-order valence-corrected chi connectivity index (χ3v) is 6.36. The first-order valence-electron chi connectivity index (χ1n) is 11.9. The molecular formula is C25H32BN3O6S. The van der Waals surface area contributed by atoms with Gasteiger partial charge in [0.2, 0.25) is 5.91 Å². The Hall–Kier alpha value is -2.89. The summed E-state index contributed by atoms with van der Waals surface area (Å²) < 4.78 is 11.2. The van der Waals surface area contributed by atoms with Crippen molar-refractivity contribution in [2.75, 3.05) is 18.1 Å². The van der Waals surface area contributed by atoms with Crippen molar-refractivity contribution in [3.63, 3.8) is 0 Å². The second-order valence-corrected chi connectivity index (χ2v) is 10.1. The van der Waals surface area contributed by atoms with Crippen LogP contribution in [0, 0.1) is 5.92 Å². The van der Waals surface area contributed by atoms with Crippen LogP contribution in [0.3, 0.4) is 0 Å². The zero-order valence-electron chi connectivity index (χ0n) is 20.7. The number of benzene rings is 1. The van der Waals surface area contributed by atoms with Crippen LogP contribution in [-0.4, -0.2) is 71.2 Å². The molecule has 1 fully saturated rings. The average Bonchev–Trinajstić information content (AvgIpc) is 2.84. The van der Waals surface area contributed by atoms with Crippen molar-refractivity contribution in [1.82, 2.24) is 15.6 Å². The molecule has 1 saturated heterocycles. The van der Waals surface area contributed by atoms with Gasteiger partial charge in [-0.3, -0.25) is 14.4 Å². The highest BCUT2D eigenvalue weighted by Crippen LogP contribution is 2.17. The normalized spacial score (nSPS) is 16.8. The van der Waals surface area contributed by atoms with Gasteiger partial charge in [0.25, 0.3) is 11.9 Å². The summed E-state index contributed by atoms with van der Waals surface area (Å²) in [6.07, 6.45) is -0.721. The van der Waals surface area contributed by atoms with Crippen LogP contribution in [-0.2, 0) is 18.9 Å². The number of nitrogens with zero attached hydrogens (tertiary/aromatic N) is 1. The smallest absolute Gasteiger partial charge is 0.508 e. The lowest BCUT2D eigenvalue weighted by Gasteiger charge is -2.29. The van der Waals surface area contributed by atoms with Crippen LogP contribution < -0.4 is 10.6 Å². The number of pyridine rings is 1. The van der Waals surface area contributed by atoms with Crippen molar-refractivity contribution in [1.29, 1.82) is 0 Å². The number of aliphatic hydroxyl groups is 1. The highest BCUT2D eigenvalue weighted by molar-refractivity contribution is 7.99. The second kappa shape index (κ2) is 13.4. The number of nitrogens with one attached hydrogen (secondary N) is 2. The summed E-state index contributed by atoms with van der Waals surface area (Å²) in [4.78, 5) is 42.6. The van der Waals surface area contributed by atoms with Gasteiger partial charge in [0, 0.05) is 17.9 Å². The van der Waals surface area contributed by atoms with Crippen LogP contribution in [0.4, 0.5) is 0 Å². The van der Waals surface area contributed by atoms with E-state index in [-0.39, 0.29) is 17.4 Å². The highest BCUT2D eigenvalue weighted by atomic mass is 32.2. The van der Waals surface area contributed by atoms with E-state index in [1.165, 1.54) is 18.7 Å². The molecule has 2 amide bonds. The molecule has 1 aromatic heterocycles. The minimum Gasteiger partial charge on any atom is -0.508 e. The number of hydrogen-bond acceptors (Lipinski definition) is 8. The molecule has 1 aromatic carbocycles.